The normalized spacial score (nSPS) is 29.0. The van der Waals surface area contributed by atoms with Gasteiger partial charge in [-0.15, -0.1) is 0 Å². The second-order valence-corrected chi connectivity index (χ2v) is 7.44. The summed E-state index contributed by atoms with van der Waals surface area (Å²) >= 11 is 0. The fraction of sp³-hybridized carbons (Fsp3) is 0.833. The lowest BCUT2D eigenvalue weighted by atomic mass is 9.75. The van der Waals surface area contributed by atoms with Crippen LogP contribution in [-0.2, 0) is 14.4 Å². The molecule has 136 valence electrons. The standard InChI is InChI=1S/C18H30N2O4/c1-3-13-8-10-18(11-9-13,17(23)24)20-15(21)12(2)19-16(22)14-6-4-5-7-14/h12-14H,3-11H2,1-2H3,(H,19,22)(H,20,21)(H,23,24). The Morgan fingerprint density at radius 2 is 1.71 bits per heavy atom. The largest absolute Gasteiger partial charge is 0.480 e. The zero-order valence-corrected chi connectivity index (χ0v) is 14.8. The molecule has 0 heterocycles. The van der Waals surface area contributed by atoms with Gasteiger partial charge in [-0.2, -0.15) is 0 Å². The molecule has 0 aromatic rings. The first-order chi connectivity index (χ1) is 11.4. The van der Waals surface area contributed by atoms with Crippen molar-refractivity contribution in [3.8, 4) is 0 Å². The van der Waals surface area contributed by atoms with E-state index < -0.39 is 23.5 Å². The molecule has 1 unspecified atom stereocenters. The molecular weight excluding hydrogens is 308 g/mol. The molecule has 1 atom stereocenters. The molecule has 0 aromatic carbocycles. The summed E-state index contributed by atoms with van der Waals surface area (Å²) in [7, 11) is 0. The Morgan fingerprint density at radius 3 is 2.21 bits per heavy atom. The van der Waals surface area contributed by atoms with Crippen molar-refractivity contribution in [2.45, 2.75) is 83.2 Å². The Labute approximate surface area is 143 Å². The number of carbonyl (C=O) groups is 3. The van der Waals surface area contributed by atoms with Gasteiger partial charge in [0.25, 0.3) is 0 Å². The number of nitrogens with one attached hydrogen (secondary N) is 2. The lowest BCUT2D eigenvalue weighted by Gasteiger charge is -2.37. The number of carbonyl (C=O) groups excluding carboxylic acids is 2. The van der Waals surface area contributed by atoms with Crippen molar-refractivity contribution >= 4 is 17.8 Å². The van der Waals surface area contributed by atoms with Crippen LogP contribution in [0, 0.1) is 11.8 Å². The van der Waals surface area contributed by atoms with Crippen LogP contribution in [0.4, 0.5) is 0 Å². The van der Waals surface area contributed by atoms with Gasteiger partial charge in [-0.3, -0.25) is 9.59 Å². The van der Waals surface area contributed by atoms with Crippen LogP contribution < -0.4 is 10.6 Å². The van der Waals surface area contributed by atoms with Gasteiger partial charge in [0.2, 0.25) is 11.8 Å². The van der Waals surface area contributed by atoms with E-state index in [1.165, 1.54) is 0 Å². The second-order valence-electron chi connectivity index (χ2n) is 7.44. The number of amides is 2. The van der Waals surface area contributed by atoms with Crippen molar-refractivity contribution in [3.63, 3.8) is 0 Å². The lowest BCUT2D eigenvalue weighted by Crippen LogP contribution is -2.60. The number of hydrogen-bond acceptors (Lipinski definition) is 3. The number of rotatable bonds is 6. The van der Waals surface area contributed by atoms with Gasteiger partial charge >= 0.3 is 5.97 Å². The molecule has 0 spiro atoms. The third kappa shape index (κ3) is 4.28. The van der Waals surface area contributed by atoms with E-state index in [1.54, 1.807) is 6.92 Å². The van der Waals surface area contributed by atoms with E-state index in [0.717, 1.165) is 44.9 Å². The minimum atomic E-state index is -1.19. The van der Waals surface area contributed by atoms with Crippen LogP contribution in [0.1, 0.15) is 71.6 Å². The molecule has 24 heavy (non-hydrogen) atoms. The number of carboxylic acid groups (broad SMARTS) is 1. The Bertz CT molecular complexity index is 477. The number of hydrogen-bond donors (Lipinski definition) is 3. The van der Waals surface area contributed by atoms with Crippen molar-refractivity contribution < 1.29 is 19.5 Å². The number of carboxylic acids is 1. The molecular formula is C18H30N2O4. The predicted octanol–water partition coefficient (Wildman–Crippen LogP) is 2.22. The molecule has 0 aliphatic heterocycles. The fourth-order valence-electron chi connectivity index (χ4n) is 3.90. The molecule has 6 heteroatoms. The first-order valence-corrected chi connectivity index (χ1v) is 9.23. The average Bonchev–Trinajstić information content (AvgIpc) is 3.09. The molecule has 2 aliphatic carbocycles. The van der Waals surface area contributed by atoms with Crippen molar-refractivity contribution in [1.29, 1.82) is 0 Å². The molecule has 0 radical (unpaired) electrons. The molecule has 2 saturated carbocycles. The minimum absolute atomic E-state index is 0.00585. The van der Waals surface area contributed by atoms with Gasteiger partial charge in [0.05, 0.1) is 0 Å². The first kappa shape index (κ1) is 18.7. The highest BCUT2D eigenvalue weighted by Gasteiger charge is 2.43. The summed E-state index contributed by atoms with van der Waals surface area (Å²) in [6.07, 6.45) is 7.43. The van der Waals surface area contributed by atoms with E-state index in [9.17, 15) is 19.5 Å². The van der Waals surface area contributed by atoms with Gasteiger partial charge < -0.3 is 15.7 Å². The van der Waals surface area contributed by atoms with Gasteiger partial charge in [0.1, 0.15) is 11.6 Å². The van der Waals surface area contributed by atoms with Crippen LogP contribution in [0.2, 0.25) is 0 Å². The van der Waals surface area contributed by atoms with Gasteiger partial charge in [-0.1, -0.05) is 26.2 Å². The van der Waals surface area contributed by atoms with Crippen LogP contribution in [0.5, 0.6) is 0 Å². The molecule has 0 saturated heterocycles. The highest BCUT2D eigenvalue weighted by molar-refractivity contribution is 5.92. The van der Waals surface area contributed by atoms with Crippen LogP contribution in [0.3, 0.4) is 0 Å². The van der Waals surface area contributed by atoms with Crippen LogP contribution in [-0.4, -0.2) is 34.5 Å². The van der Waals surface area contributed by atoms with E-state index in [-0.39, 0.29) is 11.8 Å². The van der Waals surface area contributed by atoms with Gasteiger partial charge in [-0.25, -0.2) is 4.79 Å². The summed E-state index contributed by atoms with van der Waals surface area (Å²) in [5.41, 5.74) is -1.19. The third-order valence-corrected chi connectivity index (χ3v) is 5.79. The lowest BCUT2D eigenvalue weighted by molar-refractivity contribution is -0.150. The van der Waals surface area contributed by atoms with E-state index in [1.807, 2.05) is 0 Å². The summed E-state index contributed by atoms with van der Waals surface area (Å²) in [5.74, 6) is -0.935. The molecule has 2 aliphatic rings. The van der Waals surface area contributed by atoms with Gasteiger partial charge in [0.15, 0.2) is 0 Å². The SMILES string of the molecule is CCC1CCC(NC(=O)C(C)NC(=O)C2CCCC2)(C(=O)O)CC1. The van der Waals surface area contributed by atoms with E-state index in [2.05, 4.69) is 17.6 Å². The van der Waals surface area contributed by atoms with Crippen LogP contribution >= 0.6 is 0 Å². The molecule has 0 aromatic heterocycles. The smallest absolute Gasteiger partial charge is 0.329 e. The summed E-state index contributed by atoms with van der Waals surface area (Å²) in [5, 5.41) is 15.1. The fourth-order valence-corrected chi connectivity index (χ4v) is 3.90. The zero-order chi connectivity index (χ0) is 17.7. The van der Waals surface area contributed by atoms with E-state index in [0.29, 0.717) is 18.8 Å². The van der Waals surface area contributed by atoms with Crippen LogP contribution in [0.25, 0.3) is 0 Å². The van der Waals surface area contributed by atoms with Crippen molar-refractivity contribution in [2.75, 3.05) is 0 Å². The molecule has 2 rings (SSSR count). The quantitative estimate of drug-likeness (QED) is 0.692. The molecule has 2 amide bonds. The van der Waals surface area contributed by atoms with Gasteiger partial charge in [-0.05, 0) is 51.4 Å². The molecule has 0 bridgehead atoms. The predicted molar refractivity (Wildman–Crippen MR) is 90.3 cm³/mol. The van der Waals surface area contributed by atoms with Crippen molar-refractivity contribution in [2.24, 2.45) is 11.8 Å². The summed E-state index contributed by atoms with van der Waals surface area (Å²) in [6, 6.07) is -0.710. The highest BCUT2D eigenvalue weighted by atomic mass is 16.4. The van der Waals surface area contributed by atoms with Crippen molar-refractivity contribution in [3.05, 3.63) is 0 Å². The Hall–Kier alpha value is -1.59. The Morgan fingerprint density at radius 1 is 1.12 bits per heavy atom. The van der Waals surface area contributed by atoms with Crippen molar-refractivity contribution in [1.82, 2.24) is 10.6 Å². The molecule has 3 N–H and O–H groups in total. The third-order valence-electron chi connectivity index (χ3n) is 5.79. The highest BCUT2D eigenvalue weighted by Crippen LogP contribution is 2.34. The second kappa shape index (κ2) is 7.99. The Balaban J connectivity index is 1.92. The Kier molecular flexibility index (Phi) is 6.24. The molecule has 6 nitrogen and oxygen atoms in total. The zero-order valence-electron chi connectivity index (χ0n) is 14.8. The molecule has 2 fully saturated rings. The maximum absolute atomic E-state index is 12.4. The topological polar surface area (TPSA) is 95.5 Å². The summed E-state index contributed by atoms with van der Waals surface area (Å²) < 4.78 is 0. The van der Waals surface area contributed by atoms with E-state index >= 15 is 0 Å². The maximum Gasteiger partial charge on any atom is 0.329 e. The minimum Gasteiger partial charge on any atom is -0.480 e. The average molecular weight is 338 g/mol. The monoisotopic (exact) mass is 338 g/mol. The summed E-state index contributed by atoms with van der Waals surface area (Å²) in [6.45, 7) is 3.73. The summed E-state index contributed by atoms with van der Waals surface area (Å²) in [4.78, 5) is 36.3. The number of aliphatic carboxylic acids is 1. The first-order valence-electron chi connectivity index (χ1n) is 9.23. The van der Waals surface area contributed by atoms with Crippen LogP contribution in [0.15, 0.2) is 0 Å². The maximum atomic E-state index is 12.4. The van der Waals surface area contributed by atoms with E-state index in [4.69, 9.17) is 0 Å². The van der Waals surface area contributed by atoms with Gasteiger partial charge in [0, 0.05) is 5.92 Å².